The van der Waals surface area contributed by atoms with E-state index in [1.807, 2.05) is 11.8 Å². The van der Waals surface area contributed by atoms with Crippen LogP contribution >= 0.6 is 11.8 Å². The summed E-state index contributed by atoms with van der Waals surface area (Å²) in [6, 6.07) is 2.21. The number of furan rings is 1. The van der Waals surface area contributed by atoms with Gasteiger partial charge in [0.1, 0.15) is 0 Å². The van der Waals surface area contributed by atoms with Crippen LogP contribution in [0.3, 0.4) is 0 Å². The van der Waals surface area contributed by atoms with E-state index in [-0.39, 0.29) is 5.76 Å². The third kappa shape index (κ3) is 3.09. The van der Waals surface area contributed by atoms with Crippen molar-refractivity contribution in [2.75, 3.05) is 6.26 Å². The standard InChI is InChI=1S/C13H19NO3S/c1-18-11-5-3-2-4-10(11)14-8-9-6-7-17-12(9)13(15)16/h6-7,10-11,14H,2-5,8H2,1H3,(H,15,16). The van der Waals surface area contributed by atoms with Crippen LogP contribution in [0.2, 0.25) is 0 Å². The van der Waals surface area contributed by atoms with Gasteiger partial charge in [0.15, 0.2) is 0 Å². The third-order valence-electron chi connectivity index (χ3n) is 3.50. The Balaban J connectivity index is 1.93. The van der Waals surface area contributed by atoms with Crippen molar-refractivity contribution in [3.8, 4) is 0 Å². The molecule has 100 valence electrons. The molecule has 2 N–H and O–H groups in total. The zero-order valence-corrected chi connectivity index (χ0v) is 11.3. The Labute approximate surface area is 111 Å². The van der Waals surface area contributed by atoms with E-state index in [4.69, 9.17) is 9.52 Å². The maximum absolute atomic E-state index is 10.9. The number of nitrogens with one attached hydrogen (secondary N) is 1. The lowest BCUT2D eigenvalue weighted by Crippen LogP contribution is -2.40. The molecule has 0 aromatic carbocycles. The van der Waals surface area contributed by atoms with Gasteiger partial charge in [0.05, 0.1) is 6.26 Å². The van der Waals surface area contributed by atoms with Crippen LogP contribution in [0.15, 0.2) is 16.7 Å². The van der Waals surface area contributed by atoms with E-state index in [1.165, 1.54) is 31.9 Å². The van der Waals surface area contributed by atoms with Crippen LogP contribution in [0.25, 0.3) is 0 Å². The average molecular weight is 269 g/mol. The number of aromatic carboxylic acids is 1. The van der Waals surface area contributed by atoms with Gasteiger partial charge < -0.3 is 14.8 Å². The Morgan fingerprint density at radius 1 is 1.56 bits per heavy atom. The number of hydrogen-bond acceptors (Lipinski definition) is 4. The smallest absolute Gasteiger partial charge is 0.372 e. The molecule has 1 aliphatic rings. The van der Waals surface area contributed by atoms with Gasteiger partial charge in [-0.05, 0) is 25.2 Å². The Hall–Kier alpha value is -0.940. The van der Waals surface area contributed by atoms with E-state index in [0.29, 0.717) is 17.8 Å². The summed E-state index contributed by atoms with van der Waals surface area (Å²) in [6.07, 6.45) is 8.56. The van der Waals surface area contributed by atoms with Crippen molar-refractivity contribution in [2.45, 2.75) is 43.5 Å². The van der Waals surface area contributed by atoms with Crippen molar-refractivity contribution in [1.82, 2.24) is 5.32 Å². The van der Waals surface area contributed by atoms with Gasteiger partial charge in [0.2, 0.25) is 5.76 Å². The van der Waals surface area contributed by atoms with Gasteiger partial charge in [0.25, 0.3) is 0 Å². The second-order valence-corrected chi connectivity index (χ2v) is 5.70. The molecule has 0 aliphatic heterocycles. The van der Waals surface area contributed by atoms with Gasteiger partial charge in [0, 0.05) is 23.4 Å². The summed E-state index contributed by atoms with van der Waals surface area (Å²) in [5, 5.41) is 13.1. The first-order valence-corrected chi connectivity index (χ1v) is 7.57. The fraction of sp³-hybridized carbons (Fsp3) is 0.615. The largest absolute Gasteiger partial charge is 0.475 e. The topological polar surface area (TPSA) is 62.5 Å². The SMILES string of the molecule is CSC1CCCCC1NCc1ccoc1C(=O)O. The van der Waals surface area contributed by atoms with Crippen LogP contribution in [-0.2, 0) is 6.54 Å². The average Bonchev–Trinajstić information content (AvgIpc) is 2.85. The highest BCUT2D eigenvalue weighted by molar-refractivity contribution is 7.99. The van der Waals surface area contributed by atoms with Crippen molar-refractivity contribution in [1.29, 1.82) is 0 Å². The number of thioether (sulfide) groups is 1. The molecule has 0 amide bonds. The predicted octanol–water partition coefficient (Wildman–Crippen LogP) is 2.74. The molecule has 1 aromatic heterocycles. The lowest BCUT2D eigenvalue weighted by molar-refractivity contribution is 0.0660. The molecule has 18 heavy (non-hydrogen) atoms. The fourth-order valence-corrected chi connectivity index (χ4v) is 3.48. The summed E-state index contributed by atoms with van der Waals surface area (Å²) in [6.45, 7) is 0.569. The molecule has 0 bridgehead atoms. The maximum Gasteiger partial charge on any atom is 0.372 e. The van der Waals surface area contributed by atoms with Crippen molar-refractivity contribution < 1.29 is 14.3 Å². The molecule has 1 aromatic rings. The highest BCUT2D eigenvalue weighted by atomic mass is 32.2. The summed E-state index contributed by atoms with van der Waals surface area (Å²) >= 11 is 1.90. The summed E-state index contributed by atoms with van der Waals surface area (Å²) < 4.78 is 4.97. The lowest BCUT2D eigenvalue weighted by Gasteiger charge is -2.31. The minimum absolute atomic E-state index is 0.0546. The van der Waals surface area contributed by atoms with Crippen LogP contribution < -0.4 is 5.32 Å². The second-order valence-electron chi connectivity index (χ2n) is 4.63. The Morgan fingerprint density at radius 2 is 2.33 bits per heavy atom. The van der Waals surface area contributed by atoms with Crippen molar-refractivity contribution >= 4 is 17.7 Å². The second kappa shape index (κ2) is 6.29. The van der Waals surface area contributed by atoms with Gasteiger partial charge in [-0.25, -0.2) is 4.79 Å². The van der Waals surface area contributed by atoms with Crippen LogP contribution in [0.1, 0.15) is 41.8 Å². The lowest BCUT2D eigenvalue weighted by atomic mass is 9.94. The molecule has 4 nitrogen and oxygen atoms in total. The normalized spacial score (nSPS) is 24.1. The molecule has 0 saturated heterocycles. The number of carbonyl (C=O) groups is 1. The molecule has 2 unspecified atom stereocenters. The summed E-state index contributed by atoms with van der Waals surface area (Å²) in [7, 11) is 0. The van der Waals surface area contributed by atoms with E-state index in [9.17, 15) is 4.79 Å². The van der Waals surface area contributed by atoms with Gasteiger partial charge in [-0.1, -0.05) is 12.8 Å². The first kappa shape index (κ1) is 13.5. The minimum Gasteiger partial charge on any atom is -0.475 e. The Bertz CT molecular complexity index is 405. The summed E-state index contributed by atoms with van der Waals surface area (Å²) in [5.41, 5.74) is 0.730. The minimum atomic E-state index is -0.998. The first-order valence-electron chi connectivity index (χ1n) is 6.28. The number of rotatable bonds is 5. The number of hydrogen-bond donors (Lipinski definition) is 2. The molecule has 1 heterocycles. The van der Waals surface area contributed by atoms with E-state index in [2.05, 4.69) is 11.6 Å². The summed E-state index contributed by atoms with van der Waals surface area (Å²) in [4.78, 5) is 10.9. The molecule has 0 spiro atoms. The van der Waals surface area contributed by atoms with Crippen LogP contribution in [-0.4, -0.2) is 28.6 Å². The highest BCUT2D eigenvalue weighted by Crippen LogP contribution is 2.27. The highest BCUT2D eigenvalue weighted by Gasteiger charge is 2.24. The molecule has 1 fully saturated rings. The van der Waals surface area contributed by atoms with Crippen molar-refractivity contribution in [3.63, 3.8) is 0 Å². The van der Waals surface area contributed by atoms with Crippen molar-refractivity contribution in [2.24, 2.45) is 0 Å². The summed E-state index contributed by atoms with van der Waals surface area (Å²) in [5.74, 6) is -0.944. The Morgan fingerprint density at radius 3 is 3.06 bits per heavy atom. The van der Waals surface area contributed by atoms with Crippen LogP contribution in [0.4, 0.5) is 0 Å². The Kier molecular flexibility index (Phi) is 4.72. The monoisotopic (exact) mass is 269 g/mol. The zero-order valence-electron chi connectivity index (χ0n) is 10.5. The van der Waals surface area contributed by atoms with E-state index in [1.54, 1.807) is 6.07 Å². The quantitative estimate of drug-likeness (QED) is 0.860. The maximum atomic E-state index is 10.9. The first-order chi connectivity index (χ1) is 8.72. The van der Waals surface area contributed by atoms with Gasteiger partial charge >= 0.3 is 5.97 Å². The van der Waals surface area contributed by atoms with Gasteiger partial charge in [-0.2, -0.15) is 11.8 Å². The van der Waals surface area contributed by atoms with Gasteiger partial charge in [-0.15, -0.1) is 0 Å². The molecule has 2 rings (SSSR count). The van der Waals surface area contributed by atoms with Gasteiger partial charge in [-0.3, -0.25) is 0 Å². The molecule has 2 atom stereocenters. The molecule has 1 saturated carbocycles. The number of carboxylic acid groups (broad SMARTS) is 1. The third-order valence-corrected chi connectivity index (χ3v) is 4.67. The molecular formula is C13H19NO3S. The van der Waals surface area contributed by atoms with E-state index in [0.717, 1.165) is 5.56 Å². The van der Waals surface area contributed by atoms with E-state index >= 15 is 0 Å². The fourth-order valence-electron chi connectivity index (χ4n) is 2.52. The van der Waals surface area contributed by atoms with Crippen molar-refractivity contribution in [3.05, 3.63) is 23.7 Å². The number of carboxylic acids is 1. The molecule has 0 radical (unpaired) electrons. The molecular weight excluding hydrogens is 250 g/mol. The van der Waals surface area contributed by atoms with Crippen LogP contribution in [0.5, 0.6) is 0 Å². The predicted molar refractivity (Wildman–Crippen MR) is 72.1 cm³/mol. The zero-order chi connectivity index (χ0) is 13.0. The molecule has 5 heteroatoms. The van der Waals surface area contributed by atoms with E-state index < -0.39 is 5.97 Å². The van der Waals surface area contributed by atoms with Crippen LogP contribution in [0, 0.1) is 0 Å². The molecule has 1 aliphatic carbocycles.